The van der Waals surface area contributed by atoms with Gasteiger partial charge in [0.15, 0.2) is 0 Å². The quantitative estimate of drug-likeness (QED) is 0.798. The first kappa shape index (κ1) is 13.6. The molecule has 104 valence electrons. The van der Waals surface area contributed by atoms with Crippen LogP contribution >= 0.6 is 11.6 Å². The first-order valence-corrected chi connectivity index (χ1v) is 6.98. The highest BCUT2D eigenvalue weighted by molar-refractivity contribution is 6.31. The van der Waals surface area contributed by atoms with Crippen LogP contribution in [0.1, 0.15) is 15.9 Å². The van der Waals surface area contributed by atoms with Gasteiger partial charge < -0.3 is 5.32 Å². The monoisotopic (exact) mass is 296 g/mol. The van der Waals surface area contributed by atoms with Crippen LogP contribution in [0.25, 0.3) is 10.9 Å². The third kappa shape index (κ3) is 3.03. The number of hydrogen-bond donors (Lipinski definition) is 1. The number of benzene rings is 2. The number of para-hydroxylation sites is 1. The summed E-state index contributed by atoms with van der Waals surface area (Å²) >= 11 is 6.07. The average molecular weight is 297 g/mol. The van der Waals surface area contributed by atoms with Crippen LogP contribution in [0.15, 0.2) is 60.8 Å². The Morgan fingerprint density at radius 3 is 2.71 bits per heavy atom. The van der Waals surface area contributed by atoms with Crippen molar-refractivity contribution in [1.29, 1.82) is 0 Å². The van der Waals surface area contributed by atoms with Crippen LogP contribution in [0.2, 0.25) is 5.02 Å². The molecular weight excluding hydrogens is 284 g/mol. The van der Waals surface area contributed by atoms with E-state index < -0.39 is 0 Å². The molecule has 4 heteroatoms. The number of halogens is 1. The molecule has 1 heterocycles. The minimum Gasteiger partial charge on any atom is -0.348 e. The molecule has 0 saturated carbocycles. The molecule has 0 bridgehead atoms. The normalized spacial score (nSPS) is 10.5. The van der Waals surface area contributed by atoms with E-state index in [-0.39, 0.29) is 5.91 Å². The molecular formula is C17H13ClN2O. The molecule has 3 aromatic rings. The lowest BCUT2D eigenvalue weighted by Crippen LogP contribution is -2.23. The summed E-state index contributed by atoms with van der Waals surface area (Å²) in [5.74, 6) is -0.159. The topological polar surface area (TPSA) is 42.0 Å². The van der Waals surface area contributed by atoms with Crippen LogP contribution in [-0.2, 0) is 6.54 Å². The Labute approximate surface area is 127 Å². The van der Waals surface area contributed by atoms with Crippen LogP contribution in [0.4, 0.5) is 0 Å². The van der Waals surface area contributed by atoms with Gasteiger partial charge in [-0.1, -0.05) is 48.0 Å². The van der Waals surface area contributed by atoms with Gasteiger partial charge in [0.25, 0.3) is 5.91 Å². The van der Waals surface area contributed by atoms with Crippen molar-refractivity contribution in [3.63, 3.8) is 0 Å². The van der Waals surface area contributed by atoms with Crippen molar-refractivity contribution in [2.75, 3.05) is 0 Å². The maximum Gasteiger partial charge on any atom is 0.253 e. The molecule has 1 N–H and O–H groups in total. The van der Waals surface area contributed by atoms with Gasteiger partial charge in [0, 0.05) is 23.2 Å². The van der Waals surface area contributed by atoms with Crippen LogP contribution in [0.3, 0.4) is 0 Å². The molecule has 2 aromatic carbocycles. The Bertz CT molecular complexity index is 801. The summed E-state index contributed by atoms with van der Waals surface area (Å²) < 4.78 is 0. The number of rotatable bonds is 3. The minimum absolute atomic E-state index is 0.159. The number of carbonyl (C=O) groups excluding carboxylic acids is 1. The zero-order valence-corrected chi connectivity index (χ0v) is 12.0. The third-order valence-corrected chi connectivity index (χ3v) is 3.62. The molecule has 0 saturated heterocycles. The molecule has 3 rings (SSSR count). The number of pyridine rings is 1. The Morgan fingerprint density at radius 2 is 1.86 bits per heavy atom. The third-order valence-electron chi connectivity index (χ3n) is 3.25. The fourth-order valence-corrected chi connectivity index (χ4v) is 2.32. The van der Waals surface area contributed by atoms with E-state index in [1.165, 1.54) is 0 Å². The van der Waals surface area contributed by atoms with E-state index in [9.17, 15) is 4.79 Å². The van der Waals surface area contributed by atoms with Crippen molar-refractivity contribution >= 4 is 28.4 Å². The van der Waals surface area contributed by atoms with Crippen LogP contribution in [0.5, 0.6) is 0 Å². The van der Waals surface area contributed by atoms with Gasteiger partial charge in [-0.05, 0) is 23.8 Å². The molecule has 0 aliphatic carbocycles. The maximum atomic E-state index is 12.2. The number of aromatic nitrogens is 1. The lowest BCUT2D eigenvalue weighted by atomic mass is 10.1. The van der Waals surface area contributed by atoms with Gasteiger partial charge in [0.2, 0.25) is 0 Å². The second kappa shape index (κ2) is 5.94. The second-order valence-electron chi connectivity index (χ2n) is 4.69. The molecule has 0 unspecified atom stereocenters. The smallest absolute Gasteiger partial charge is 0.253 e. The molecule has 3 nitrogen and oxygen atoms in total. The predicted molar refractivity (Wildman–Crippen MR) is 84.4 cm³/mol. The van der Waals surface area contributed by atoms with Crippen molar-refractivity contribution in [1.82, 2.24) is 10.3 Å². The summed E-state index contributed by atoms with van der Waals surface area (Å²) in [6.07, 6.45) is 1.59. The number of amides is 1. The summed E-state index contributed by atoms with van der Waals surface area (Å²) in [5.41, 5.74) is 2.31. The van der Waals surface area contributed by atoms with E-state index in [0.717, 1.165) is 16.5 Å². The summed E-state index contributed by atoms with van der Waals surface area (Å²) in [5, 5.41) is 4.45. The summed E-state index contributed by atoms with van der Waals surface area (Å²) in [6, 6.07) is 17.0. The highest BCUT2D eigenvalue weighted by Crippen LogP contribution is 2.15. The largest absolute Gasteiger partial charge is 0.348 e. The fourth-order valence-electron chi connectivity index (χ4n) is 2.11. The van der Waals surface area contributed by atoms with Crippen LogP contribution in [0, 0.1) is 0 Å². The van der Waals surface area contributed by atoms with Crippen molar-refractivity contribution in [3.8, 4) is 0 Å². The van der Waals surface area contributed by atoms with Gasteiger partial charge in [0.1, 0.15) is 0 Å². The highest BCUT2D eigenvalue weighted by Gasteiger charge is 2.08. The number of nitrogens with zero attached hydrogens (tertiary/aromatic N) is 1. The zero-order chi connectivity index (χ0) is 14.7. The van der Waals surface area contributed by atoms with Gasteiger partial charge in [-0.3, -0.25) is 9.78 Å². The van der Waals surface area contributed by atoms with Crippen LogP contribution in [-0.4, -0.2) is 10.9 Å². The van der Waals surface area contributed by atoms with E-state index in [2.05, 4.69) is 10.3 Å². The number of carbonyl (C=O) groups is 1. The van der Waals surface area contributed by atoms with Crippen molar-refractivity contribution in [2.45, 2.75) is 6.54 Å². The molecule has 0 radical (unpaired) electrons. The van der Waals surface area contributed by atoms with E-state index in [1.54, 1.807) is 12.3 Å². The molecule has 0 aliphatic heterocycles. The molecule has 0 aliphatic rings. The van der Waals surface area contributed by atoms with Gasteiger partial charge in [-0.15, -0.1) is 0 Å². The number of hydrogen-bond acceptors (Lipinski definition) is 2. The first-order valence-electron chi connectivity index (χ1n) is 6.60. The minimum atomic E-state index is -0.159. The van der Waals surface area contributed by atoms with Gasteiger partial charge in [0.05, 0.1) is 11.1 Å². The molecule has 1 amide bonds. The maximum absolute atomic E-state index is 12.2. The Kier molecular flexibility index (Phi) is 3.84. The van der Waals surface area contributed by atoms with Gasteiger partial charge in [-0.25, -0.2) is 0 Å². The Morgan fingerprint density at radius 1 is 1.10 bits per heavy atom. The van der Waals surface area contributed by atoms with E-state index in [4.69, 9.17) is 11.6 Å². The molecule has 0 fully saturated rings. The summed E-state index contributed by atoms with van der Waals surface area (Å²) in [4.78, 5) is 16.5. The fraction of sp³-hybridized carbons (Fsp3) is 0.0588. The predicted octanol–water partition coefficient (Wildman–Crippen LogP) is 3.82. The van der Waals surface area contributed by atoms with Crippen molar-refractivity contribution in [2.24, 2.45) is 0 Å². The lowest BCUT2D eigenvalue weighted by Gasteiger charge is -2.07. The van der Waals surface area contributed by atoms with E-state index in [0.29, 0.717) is 17.1 Å². The second-order valence-corrected chi connectivity index (χ2v) is 5.10. The Hall–Kier alpha value is -2.39. The van der Waals surface area contributed by atoms with Crippen LogP contribution < -0.4 is 5.32 Å². The summed E-state index contributed by atoms with van der Waals surface area (Å²) in [6.45, 7) is 0.394. The standard InChI is InChI=1S/C17H13ClN2O/c18-15-7-3-1-6-13(15)10-20-17(21)14-9-12-5-2-4-8-16(12)19-11-14/h1-9,11H,10H2,(H,20,21). The number of nitrogens with one attached hydrogen (secondary N) is 1. The van der Waals surface area contributed by atoms with Crippen molar-refractivity contribution < 1.29 is 4.79 Å². The lowest BCUT2D eigenvalue weighted by molar-refractivity contribution is 0.0950. The molecule has 0 atom stereocenters. The summed E-state index contributed by atoms with van der Waals surface area (Å²) in [7, 11) is 0. The number of fused-ring (bicyclic) bond motifs is 1. The SMILES string of the molecule is O=C(NCc1ccccc1Cl)c1cnc2ccccc2c1. The average Bonchev–Trinajstić information content (AvgIpc) is 2.53. The van der Waals surface area contributed by atoms with Gasteiger partial charge >= 0.3 is 0 Å². The van der Waals surface area contributed by atoms with Crippen molar-refractivity contribution in [3.05, 3.63) is 76.9 Å². The zero-order valence-electron chi connectivity index (χ0n) is 11.2. The Balaban J connectivity index is 1.76. The van der Waals surface area contributed by atoms with E-state index >= 15 is 0 Å². The van der Waals surface area contributed by atoms with Gasteiger partial charge in [-0.2, -0.15) is 0 Å². The molecule has 21 heavy (non-hydrogen) atoms. The highest BCUT2D eigenvalue weighted by atomic mass is 35.5. The molecule has 1 aromatic heterocycles. The first-order chi connectivity index (χ1) is 10.2. The van der Waals surface area contributed by atoms with E-state index in [1.807, 2.05) is 48.5 Å². The molecule has 0 spiro atoms.